The molecule has 0 aliphatic heterocycles. The predicted octanol–water partition coefficient (Wildman–Crippen LogP) is 2.78. The second kappa shape index (κ2) is 4.81. The number of rotatable bonds is 4. The fourth-order valence-corrected chi connectivity index (χ4v) is 1.42. The van der Waals surface area contributed by atoms with Gasteiger partial charge in [0.2, 0.25) is 0 Å². The van der Waals surface area contributed by atoms with Crippen LogP contribution in [0.1, 0.15) is 25.7 Å². The molecule has 12 heavy (non-hydrogen) atoms. The minimum absolute atomic E-state index is 1.10. The number of hydrogen-bond acceptors (Lipinski definition) is 1. The van der Waals surface area contributed by atoms with Gasteiger partial charge in [0.1, 0.15) is 0 Å². The first kappa shape index (κ1) is 9.11. The van der Waals surface area contributed by atoms with Crippen LogP contribution >= 0.6 is 0 Å². The van der Waals surface area contributed by atoms with Crippen molar-refractivity contribution in [2.45, 2.75) is 25.7 Å². The van der Waals surface area contributed by atoms with E-state index in [0.29, 0.717) is 0 Å². The standard InChI is InChI=1S/C11H17N/c1-3-4-6-10-7-5-8-11(9-10)12-2/h3,8-9,12H,1,4-7H2,2H3. The van der Waals surface area contributed by atoms with Crippen LogP contribution in [0, 0.1) is 0 Å². The summed E-state index contributed by atoms with van der Waals surface area (Å²) in [7, 11) is 1.97. The quantitative estimate of drug-likeness (QED) is 0.628. The normalized spacial score (nSPS) is 16.4. The average molecular weight is 163 g/mol. The third-order valence-corrected chi connectivity index (χ3v) is 2.15. The molecule has 0 fully saturated rings. The molecule has 0 unspecified atom stereocenters. The van der Waals surface area contributed by atoms with E-state index in [0.717, 1.165) is 6.42 Å². The largest absolute Gasteiger partial charge is 0.388 e. The number of likely N-dealkylation sites (N-methyl/N-ethyl adjacent to an activating group) is 1. The maximum atomic E-state index is 3.73. The third kappa shape index (κ3) is 2.57. The first-order valence-corrected chi connectivity index (χ1v) is 4.55. The van der Waals surface area contributed by atoms with Crippen molar-refractivity contribution in [1.82, 2.24) is 5.32 Å². The van der Waals surface area contributed by atoms with Gasteiger partial charge in [0.15, 0.2) is 0 Å². The van der Waals surface area contributed by atoms with E-state index in [1.807, 2.05) is 13.1 Å². The summed E-state index contributed by atoms with van der Waals surface area (Å²) in [5.41, 5.74) is 2.81. The van der Waals surface area contributed by atoms with E-state index in [1.165, 1.54) is 25.0 Å². The van der Waals surface area contributed by atoms with Gasteiger partial charge in [-0.2, -0.15) is 0 Å². The van der Waals surface area contributed by atoms with Gasteiger partial charge in [0, 0.05) is 12.7 Å². The number of allylic oxidation sites excluding steroid dienone is 4. The highest BCUT2D eigenvalue weighted by Gasteiger charge is 2.02. The maximum absolute atomic E-state index is 3.73. The molecular formula is C11H17N. The lowest BCUT2D eigenvalue weighted by atomic mass is 9.99. The molecule has 1 N–H and O–H groups in total. The summed E-state index contributed by atoms with van der Waals surface area (Å²) in [5.74, 6) is 0. The van der Waals surface area contributed by atoms with E-state index in [2.05, 4.69) is 24.0 Å². The molecule has 0 aromatic heterocycles. The number of nitrogens with one attached hydrogen (secondary N) is 1. The van der Waals surface area contributed by atoms with Gasteiger partial charge in [-0.15, -0.1) is 6.58 Å². The van der Waals surface area contributed by atoms with E-state index >= 15 is 0 Å². The van der Waals surface area contributed by atoms with Crippen molar-refractivity contribution in [1.29, 1.82) is 0 Å². The van der Waals surface area contributed by atoms with E-state index in [-0.39, 0.29) is 0 Å². The van der Waals surface area contributed by atoms with Gasteiger partial charge >= 0.3 is 0 Å². The van der Waals surface area contributed by atoms with Crippen LogP contribution in [0.2, 0.25) is 0 Å². The Bertz CT molecular complexity index is 211. The van der Waals surface area contributed by atoms with Crippen LogP contribution in [0.15, 0.2) is 36.1 Å². The van der Waals surface area contributed by atoms with Crippen molar-refractivity contribution in [3.05, 3.63) is 36.1 Å². The zero-order valence-corrected chi connectivity index (χ0v) is 7.77. The van der Waals surface area contributed by atoms with Crippen LogP contribution in [-0.2, 0) is 0 Å². The van der Waals surface area contributed by atoms with Gasteiger partial charge < -0.3 is 5.32 Å². The predicted molar refractivity (Wildman–Crippen MR) is 53.9 cm³/mol. The van der Waals surface area contributed by atoms with Crippen LogP contribution < -0.4 is 5.32 Å². The Labute approximate surface area is 74.9 Å². The molecule has 1 aliphatic rings. The lowest BCUT2D eigenvalue weighted by Gasteiger charge is -2.12. The maximum Gasteiger partial charge on any atom is 0.0296 e. The molecule has 0 radical (unpaired) electrons. The summed E-state index contributed by atoms with van der Waals surface area (Å²) in [6.45, 7) is 3.73. The smallest absolute Gasteiger partial charge is 0.0296 e. The molecule has 66 valence electrons. The van der Waals surface area contributed by atoms with Crippen molar-refractivity contribution < 1.29 is 0 Å². The topological polar surface area (TPSA) is 12.0 Å². The van der Waals surface area contributed by atoms with Crippen LogP contribution in [0.5, 0.6) is 0 Å². The van der Waals surface area contributed by atoms with Crippen molar-refractivity contribution >= 4 is 0 Å². The van der Waals surface area contributed by atoms with E-state index in [4.69, 9.17) is 0 Å². The van der Waals surface area contributed by atoms with E-state index in [1.54, 1.807) is 5.57 Å². The Kier molecular flexibility index (Phi) is 3.65. The van der Waals surface area contributed by atoms with Crippen molar-refractivity contribution in [3.8, 4) is 0 Å². The first-order chi connectivity index (χ1) is 5.86. The monoisotopic (exact) mass is 163 g/mol. The van der Waals surface area contributed by atoms with E-state index in [9.17, 15) is 0 Å². The van der Waals surface area contributed by atoms with Crippen molar-refractivity contribution in [2.24, 2.45) is 0 Å². The first-order valence-electron chi connectivity index (χ1n) is 4.55. The van der Waals surface area contributed by atoms with E-state index < -0.39 is 0 Å². The average Bonchev–Trinajstić information content (AvgIpc) is 2.15. The summed E-state index contributed by atoms with van der Waals surface area (Å²) in [4.78, 5) is 0. The summed E-state index contributed by atoms with van der Waals surface area (Å²) in [6, 6.07) is 0. The molecule has 0 amide bonds. The molecule has 1 aliphatic carbocycles. The zero-order chi connectivity index (χ0) is 8.81. The molecule has 1 heteroatoms. The lowest BCUT2D eigenvalue weighted by Crippen LogP contribution is -2.06. The lowest BCUT2D eigenvalue weighted by molar-refractivity contribution is 0.827. The van der Waals surface area contributed by atoms with Crippen molar-refractivity contribution in [2.75, 3.05) is 7.05 Å². The highest BCUT2D eigenvalue weighted by molar-refractivity contribution is 5.26. The summed E-state index contributed by atoms with van der Waals surface area (Å²) < 4.78 is 0. The zero-order valence-electron chi connectivity index (χ0n) is 7.77. The Balaban J connectivity index is 2.48. The fraction of sp³-hybridized carbons (Fsp3) is 0.455. The molecule has 0 heterocycles. The summed E-state index contributed by atoms with van der Waals surface area (Å²) in [5, 5.41) is 3.17. The van der Waals surface area contributed by atoms with Gasteiger partial charge in [-0.25, -0.2) is 0 Å². The Morgan fingerprint density at radius 3 is 3.17 bits per heavy atom. The summed E-state index contributed by atoms with van der Waals surface area (Å²) >= 11 is 0. The second-order valence-corrected chi connectivity index (χ2v) is 3.08. The number of hydrogen-bond donors (Lipinski definition) is 1. The highest BCUT2D eigenvalue weighted by Crippen LogP contribution is 2.19. The molecule has 0 saturated carbocycles. The van der Waals surface area contributed by atoms with Crippen LogP contribution in [0.4, 0.5) is 0 Å². The molecule has 0 atom stereocenters. The second-order valence-electron chi connectivity index (χ2n) is 3.08. The van der Waals surface area contributed by atoms with Gasteiger partial charge in [0.25, 0.3) is 0 Å². The molecule has 1 nitrogen and oxygen atoms in total. The molecule has 1 rings (SSSR count). The molecular weight excluding hydrogens is 146 g/mol. The van der Waals surface area contributed by atoms with Crippen LogP contribution in [0.3, 0.4) is 0 Å². The minimum Gasteiger partial charge on any atom is -0.388 e. The minimum atomic E-state index is 1.10. The molecule has 0 bridgehead atoms. The molecule has 0 spiro atoms. The molecule has 0 saturated heterocycles. The van der Waals surface area contributed by atoms with Gasteiger partial charge in [0.05, 0.1) is 0 Å². The Hall–Kier alpha value is -0.980. The Morgan fingerprint density at radius 2 is 2.50 bits per heavy atom. The third-order valence-electron chi connectivity index (χ3n) is 2.15. The highest BCUT2D eigenvalue weighted by atomic mass is 14.8. The van der Waals surface area contributed by atoms with Crippen LogP contribution in [0.25, 0.3) is 0 Å². The molecule has 0 aromatic rings. The fourth-order valence-electron chi connectivity index (χ4n) is 1.42. The van der Waals surface area contributed by atoms with Gasteiger partial charge in [-0.3, -0.25) is 0 Å². The van der Waals surface area contributed by atoms with Gasteiger partial charge in [-0.05, 0) is 31.8 Å². The molecule has 0 aromatic carbocycles. The van der Waals surface area contributed by atoms with Crippen molar-refractivity contribution in [3.63, 3.8) is 0 Å². The Morgan fingerprint density at radius 1 is 1.67 bits per heavy atom. The SMILES string of the molecule is C=CCCC1=CC(NC)=CCC1. The van der Waals surface area contributed by atoms with Gasteiger partial charge in [-0.1, -0.05) is 17.7 Å². The summed E-state index contributed by atoms with van der Waals surface area (Å²) in [6.07, 6.45) is 11.2. The van der Waals surface area contributed by atoms with Crippen LogP contribution in [-0.4, -0.2) is 7.05 Å².